The lowest BCUT2D eigenvalue weighted by Gasteiger charge is -2.33. The molecule has 0 saturated carbocycles. The molecule has 3 saturated heterocycles. The van der Waals surface area contributed by atoms with Gasteiger partial charge in [-0.05, 0) is 62.1 Å². The largest absolute Gasteiger partial charge is 0.370 e. The molecule has 21 heteroatoms. The smallest absolute Gasteiger partial charge is 0.246 e. The van der Waals surface area contributed by atoms with E-state index >= 15 is 0 Å². The van der Waals surface area contributed by atoms with E-state index in [1.165, 1.54) is 16.7 Å². The number of aliphatic imine (C=N–C) groups is 1. The molecule has 3 aromatic carbocycles. The van der Waals surface area contributed by atoms with Crippen LogP contribution in [0.2, 0.25) is 0 Å². The average molecular weight is 977 g/mol. The fourth-order valence-electron chi connectivity index (χ4n) is 9.09. The van der Waals surface area contributed by atoms with Gasteiger partial charge in [-0.2, -0.15) is 0 Å². The zero-order chi connectivity index (χ0) is 51.0. The molecule has 9 amide bonds. The Labute approximate surface area is 411 Å². The van der Waals surface area contributed by atoms with E-state index in [0.29, 0.717) is 29.5 Å². The highest BCUT2D eigenvalue weighted by Gasteiger charge is 2.44. The van der Waals surface area contributed by atoms with Crippen LogP contribution >= 0.6 is 0 Å². The van der Waals surface area contributed by atoms with E-state index in [1.807, 2.05) is 0 Å². The molecule has 12 N–H and O–H groups in total. The van der Waals surface area contributed by atoms with E-state index in [0.717, 1.165) is 0 Å². The van der Waals surface area contributed by atoms with Crippen molar-refractivity contribution in [2.75, 3.05) is 19.6 Å². The third-order valence-corrected chi connectivity index (χ3v) is 12.8. The van der Waals surface area contributed by atoms with Crippen LogP contribution in [0.25, 0.3) is 0 Å². The number of nitrogens with zero attached hydrogens (tertiary/aromatic N) is 3. The molecule has 8 atom stereocenters. The molecule has 71 heavy (non-hydrogen) atoms. The second-order valence-corrected chi connectivity index (χ2v) is 18.1. The van der Waals surface area contributed by atoms with Crippen LogP contribution < -0.4 is 49.1 Å². The molecule has 0 radical (unpaired) electrons. The predicted octanol–water partition coefficient (Wildman–Crippen LogP) is -1.43. The second kappa shape index (κ2) is 25.1. The molecule has 3 aliphatic heterocycles. The molecule has 0 aliphatic carbocycles. The van der Waals surface area contributed by atoms with Gasteiger partial charge in [0.15, 0.2) is 5.96 Å². The minimum absolute atomic E-state index is 0.00902. The van der Waals surface area contributed by atoms with E-state index in [9.17, 15) is 43.2 Å². The highest BCUT2D eigenvalue weighted by atomic mass is 16.2. The Bertz CT molecular complexity index is 2420. The summed E-state index contributed by atoms with van der Waals surface area (Å²) >= 11 is 0. The Morgan fingerprint density at radius 1 is 0.521 bits per heavy atom. The van der Waals surface area contributed by atoms with Crippen molar-refractivity contribution in [2.45, 2.75) is 119 Å². The predicted molar refractivity (Wildman–Crippen MR) is 261 cm³/mol. The first-order valence-corrected chi connectivity index (χ1v) is 24.0. The van der Waals surface area contributed by atoms with Crippen molar-refractivity contribution in [3.05, 3.63) is 108 Å². The number of primary amides is 1. The van der Waals surface area contributed by atoms with E-state index in [-0.39, 0.29) is 70.5 Å². The first kappa shape index (κ1) is 52.5. The van der Waals surface area contributed by atoms with Crippen molar-refractivity contribution >= 4 is 59.1 Å². The quantitative estimate of drug-likeness (QED) is 0.0576. The number of rotatable bonds is 12. The molecule has 3 aliphatic rings. The standard InChI is InChI=1S/C50H64N12O9/c1-30-42(64)60-38(28-33-18-9-4-10-19-33)48(70)62-25-13-22-40(62)49(71)61-24-12-21-39(61)47(69)56-34(20-11-23-54-50(52)53)43(65)57-35(26-31-14-5-2-6-15-31)45(67)58-36(27-32-16-7-3-8-17-32)46(68)59-37(29-41(51)63)44(66)55-30/h2-10,14-19,30,34-40H,11-13,20-29H2,1H3,(H2,51,63)(H,55,66)(H,56,69)(H,57,65)(H,58,67)(H,59,68)(H,60,64)(H4,52,53,54)/t30-,34-,35-,36+,37-,38-,39-,40+/m0/s1. The van der Waals surface area contributed by atoms with Crippen molar-refractivity contribution in [1.29, 1.82) is 0 Å². The van der Waals surface area contributed by atoms with Gasteiger partial charge in [-0.1, -0.05) is 91.0 Å². The van der Waals surface area contributed by atoms with Gasteiger partial charge in [0.2, 0.25) is 53.2 Å². The van der Waals surface area contributed by atoms with Crippen LogP contribution in [0.1, 0.15) is 68.6 Å². The van der Waals surface area contributed by atoms with Crippen LogP contribution in [-0.4, -0.2) is 137 Å². The third kappa shape index (κ3) is 14.8. The summed E-state index contributed by atoms with van der Waals surface area (Å²) in [5, 5.41) is 16.2. The fraction of sp³-hybridized carbons (Fsp3) is 0.440. The summed E-state index contributed by atoms with van der Waals surface area (Å²) in [5.74, 6) is -6.97. The maximum Gasteiger partial charge on any atom is 0.246 e. The molecule has 3 heterocycles. The number of nitrogens with one attached hydrogen (secondary N) is 6. The molecule has 6 rings (SSSR count). The second-order valence-electron chi connectivity index (χ2n) is 18.1. The highest BCUT2D eigenvalue weighted by Crippen LogP contribution is 2.26. The summed E-state index contributed by atoms with van der Waals surface area (Å²) in [6.45, 7) is 1.85. The van der Waals surface area contributed by atoms with Crippen molar-refractivity contribution in [1.82, 2.24) is 41.7 Å². The summed E-state index contributed by atoms with van der Waals surface area (Å²) in [5.41, 5.74) is 18.6. The van der Waals surface area contributed by atoms with Gasteiger partial charge in [0.05, 0.1) is 6.42 Å². The molecule has 0 aromatic heterocycles. The minimum atomic E-state index is -1.63. The molecule has 378 valence electrons. The minimum Gasteiger partial charge on any atom is -0.370 e. The molecular weight excluding hydrogens is 913 g/mol. The Morgan fingerprint density at radius 2 is 0.944 bits per heavy atom. The molecule has 3 aromatic rings. The summed E-state index contributed by atoms with van der Waals surface area (Å²) < 4.78 is 0. The zero-order valence-corrected chi connectivity index (χ0v) is 39.7. The van der Waals surface area contributed by atoms with Gasteiger partial charge in [-0.15, -0.1) is 0 Å². The Hall–Kier alpha value is -7.84. The number of amides is 9. The van der Waals surface area contributed by atoms with E-state index in [1.54, 1.807) is 91.0 Å². The van der Waals surface area contributed by atoms with E-state index in [4.69, 9.17) is 17.2 Å². The van der Waals surface area contributed by atoms with Crippen LogP contribution in [-0.2, 0) is 62.4 Å². The number of benzene rings is 3. The number of fused-ring (bicyclic) bond motifs is 2. The molecule has 0 unspecified atom stereocenters. The fourth-order valence-corrected chi connectivity index (χ4v) is 9.09. The van der Waals surface area contributed by atoms with Crippen LogP contribution in [0, 0.1) is 0 Å². The number of carbonyl (C=O) groups is 9. The van der Waals surface area contributed by atoms with Gasteiger partial charge in [0, 0.05) is 38.9 Å². The normalized spacial score (nSPS) is 25.3. The third-order valence-electron chi connectivity index (χ3n) is 12.8. The number of guanidine groups is 1. The number of nitrogens with two attached hydrogens (primary N) is 3. The number of hydrogen-bond acceptors (Lipinski definition) is 10. The van der Waals surface area contributed by atoms with Crippen molar-refractivity contribution in [2.24, 2.45) is 22.2 Å². The van der Waals surface area contributed by atoms with Gasteiger partial charge >= 0.3 is 0 Å². The molecule has 3 fully saturated rings. The Kier molecular flexibility index (Phi) is 18.6. The number of hydrogen-bond donors (Lipinski definition) is 9. The summed E-state index contributed by atoms with van der Waals surface area (Å²) in [6, 6.07) is 16.1. The molecule has 21 nitrogen and oxygen atoms in total. The van der Waals surface area contributed by atoms with Crippen LogP contribution in [0.3, 0.4) is 0 Å². The summed E-state index contributed by atoms with van der Waals surface area (Å²) in [4.78, 5) is 134. The highest BCUT2D eigenvalue weighted by molar-refractivity contribution is 6.00. The first-order chi connectivity index (χ1) is 34.1. The maximum atomic E-state index is 14.6. The Balaban J connectivity index is 1.39. The van der Waals surface area contributed by atoms with Gasteiger partial charge in [0.1, 0.15) is 48.3 Å². The summed E-state index contributed by atoms with van der Waals surface area (Å²) in [7, 11) is 0. The van der Waals surface area contributed by atoms with Gasteiger partial charge in [-0.3, -0.25) is 48.1 Å². The lowest BCUT2D eigenvalue weighted by molar-refractivity contribution is -0.148. The maximum absolute atomic E-state index is 14.6. The van der Waals surface area contributed by atoms with Crippen molar-refractivity contribution < 1.29 is 43.2 Å². The van der Waals surface area contributed by atoms with Crippen LogP contribution in [0.5, 0.6) is 0 Å². The van der Waals surface area contributed by atoms with E-state index < -0.39 is 108 Å². The number of carbonyl (C=O) groups excluding carboxylic acids is 9. The molecular formula is C50H64N12O9. The Morgan fingerprint density at radius 3 is 1.45 bits per heavy atom. The van der Waals surface area contributed by atoms with Gasteiger partial charge in [0.25, 0.3) is 0 Å². The first-order valence-electron chi connectivity index (χ1n) is 24.0. The zero-order valence-electron chi connectivity index (χ0n) is 39.7. The van der Waals surface area contributed by atoms with E-state index in [2.05, 4.69) is 36.9 Å². The lowest BCUT2D eigenvalue weighted by atomic mass is 10.0. The topological polar surface area (TPSA) is 323 Å². The van der Waals surface area contributed by atoms with Gasteiger partial charge < -0.3 is 58.9 Å². The SMILES string of the molecule is C[C@@H]1NC(=O)[C@H](CC(N)=O)NC(=O)[C@@H](Cc2ccccc2)NC(=O)[C@H](Cc2ccccc2)NC(=O)[C@H](CCCN=C(N)N)NC(=O)[C@@H]2CCCN2C(=O)[C@H]2CCCN2C(=O)[C@H](Cc2ccccc2)NC1=O. The molecule has 0 spiro atoms. The monoisotopic (exact) mass is 976 g/mol. The van der Waals surface area contributed by atoms with Crippen LogP contribution in [0.4, 0.5) is 0 Å². The van der Waals surface area contributed by atoms with Crippen LogP contribution in [0.15, 0.2) is 96.0 Å². The van der Waals surface area contributed by atoms with Gasteiger partial charge in [-0.25, -0.2) is 0 Å². The average Bonchev–Trinajstić information content (AvgIpc) is 4.06. The lowest BCUT2D eigenvalue weighted by Crippen LogP contribution is -2.61. The van der Waals surface area contributed by atoms with Crippen molar-refractivity contribution in [3.63, 3.8) is 0 Å². The van der Waals surface area contributed by atoms with Crippen molar-refractivity contribution in [3.8, 4) is 0 Å². The summed E-state index contributed by atoms with van der Waals surface area (Å²) in [6.07, 6.45) is 0.848. The molecule has 0 bridgehead atoms.